The number of carbonyl (C=O) groups is 2. The van der Waals surface area contributed by atoms with Crippen LogP contribution < -0.4 is 4.74 Å². The second kappa shape index (κ2) is 8.88. The van der Waals surface area contributed by atoms with E-state index in [9.17, 15) is 9.59 Å². The van der Waals surface area contributed by atoms with Crippen molar-refractivity contribution in [3.8, 4) is 5.75 Å². The summed E-state index contributed by atoms with van der Waals surface area (Å²) in [7, 11) is 1.65. The molecule has 0 spiro atoms. The number of hydrogen-bond donors (Lipinski definition) is 0. The highest BCUT2D eigenvalue weighted by Gasteiger charge is 2.23. The fraction of sp³-hybridized carbons (Fsp3) is 0.600. The van der Waals surface area contributed by atoms with Gasteiger partial charge in [0.15, 0.2) is 0 Å². The lowest BCUT2D eigenvalue weighted by atomic mass is 9.99. The zero-order valence-electron chi connectivity index (χ0n) is 15.9. The van der Waals surface area contributed by atoms with Crippen molar-refractivity contribution in [1.29, 1.82) is 0 Å². The topological polar surface area (TPSA) is 49.9 Å². The van der Waals surface area contributed by atoms with Gasteiger partial charge in [0.05, 0.1) is 7.11 Å². The first-order valence-electron chi connectivity index (χ1n) is 9.22. The molecule has 1 saturated heterocycles. The Hall–Kier alpha value is -2.04. The van der Waals surface area contributed by atoms with Gasteiger partial charge in [-0.25, -0.2) is 0 Å². The Balaban J connectivity index is 2.10. The molecule has 0 saturated carbocycles. The van der Waals surface area contributed by atoms with Crippen LogP contribution in [0.5, 0.6) is 5.75 Å². The quantitative estimate of drug-likeness (QED) is 0.822. The third-order valence-electron chi connectivity index (χ3n) is 4.70. The number of benzene rings is 1. The third-order valence-corrected chi connectivity index (χ3v) is 4.70. The van der Waals surface area contributed by atoms with Crippen LogP contribution in [0.25, 0.3) is 0 Å². The summed E-state index contributed by atoms with van der Waals surface area (Å²) >= 11 is 0. The zero-order valence-corrected chi connectivity index (χ0v) is 15.9. The van der Waals surface area contributed by atoms with Gasteiger partial charge in [0.25, 0.3) is 5.91 Å². The van der Waals surface area contributed by atoms with Gasteiger partial charge in [0.2, 0.25) is 5.91 Å². The fourth-order valence-corrected chi connectivity index (χ4v) is 3.24. The Morgan fingerprint density at radius 2 is 1.80 bits per heavy atom. The molecule has 2 amide bonds. The van der Waals surface area contributed by atoms with Crippen LogP contribution in [0.4, 0.5) is 0 Å². The number of rotatable bonds is 5. The molecule has 5 nitrogen and oxygen atoms in total. The normalized spacial score (nSPS) is 15.2. The Morgan fingerprint density at radius 3 is 2.44 bits per heavy atom. The van der Waals surface area contributed by atoms with Gasteiger partial charge in [-0.3, -0.25) is 9.59 Å². The van der Waals surface area contributed by atoms with E-state index in [-0.39, 0.29) is 17.7 Å². The van der Waals surface area contributed by atoms with E-state index in [2.05, 4.69) is 13.8 Å². The van der Waals surface area contributed by atoms with Crippen LogP contribution in [0.1, 0.15) is 61.9 Å². The molecule has 25 heavy (non-hydrogen) atoms. The molecule has 1 fully saturated rings. The second-order valence-corrected chi connectivity index (χ2v) is 6.89. The monoisotopic (exact) mass is 346 g/mol. The maximum absolute atomic E-state index is 12.9. The minimum absolute atomic E-state index is 0.0364. The minimum Gasteiger partial charge on any atom is -0.496 e. The molecule has 2 rings (SSSR count). The molecule has 5 heteroatoms. The summed E-state index contributed by atoms with van der Waals surface area (Å²) in [6.07, 6.45) is 2.28. The number of hydrogen-bond acceptors (Lipinski definition) is 3. The van der Waals surface area contributed by atoms with Crippen LogP contribution in [0, 0.1) is 0 Å². The molecule has 1 heterocycles. The highest BCUT2D eigenvalue weighted by molar-refractivity contribution is 5.94. The first-order chi connectivity index (χ1) is 12.0. The van der Waals surface area contributed by atoms with Gasteiger partial charge < -0.3 is 14.5 Å². The van der Waals surface area contributed by atoms with E-state index in [4.69, 9.17) is 4.74 Å². The summed E-state index contributed by atoms with van der Waals surface area (Å²) < 4.78 is 5.40. The van der Waals surface area contributed by atoms with Crippen molar-refractivity contribution in [2.75, 3.05) is 33.3 Å². The Labute approximate surface area is 150 Å². The second-order valence-electron chi connectivity index (χ2n) is 6.89. The van der Waals surface area contributed by atoms with Crippen LogP contribution in [0.3, 0.4) is 0 Å². The van der Waals surface area contributed by atoms with Crippen molar-refractivity contribution >= 4 is 11.8 Å². The molecule has 0 bridgehead atoms. The first kappa shape index (κ1) is 19.3. The Bertz CT molecular complexity index is 613. The van der Waals surface area contributed by atoms with Crippen LogP contribution in [0.2, 0.25) is 0 Å². The Morgan fingerprint density at radius 1 is 1.12 bits per heavy atom. The SMILES string of the molecule is CCCC(=O)N1CCCN(C(=O)c2ccc(OC)c(C(C)C)c2)CC1. The summed E-state index contributed by atoms with van der Waals surface area (Å²) in [6, 6.07) is 5.64. The van der Waals surface area contributed by atoms with E-state index >= 15 is 0 Å². The predicted octanol–water partition coefficient (Wildman–Crippen LogP) is 3.29. The molecular formula is C20H30N2O3. The van der Waals surface area contributed by atoms with E-state index in [1.165, 1.54) is 0 Å². The highest BCUT2D eigenvalue weighted by atomic mass is 16.5. The highest BCUT2D eigenvalue weighted by Crippen LogP contribution is 2.28. The lowest BCUT2D eigenvalue weighted by Gasteiger charge is -2.23. The number of methoxy groups -OCH3 is 1. The lowest BCUT2D eigenvalue weighted by molar-refractivity contribution is -0.131. The zero-order chi connectivity index (χ0) is 18.4. The molecule has 0 aromatic heterocycles. The lowest BCUT2D eigenvalue weighted by Crippen LogP contribution is -2.37. The Kier molecular flexibility index (Phi) is 6.85. The maximum Gasteiger partial charge on any atom is 0.253 e. The van der Waals surface area contributed by atoms with E-state index in [0.717, 1.165) is 30.7 Å². The molecule has 0 N–H and O–H groups in total. The molecule has 0 unspecified atom stereocenters. The molecule has 0 atom stereocenters. The van der Waals surface area contributed by atoms with Crippen LogP contribution in [-0.2, 0) is 4.79 Å². The largest absolute Gasteiger partial charge is 0.496 e. The van der Waals surface area contributed by atoms with Gasteiger partial charge in [-0.15, -0.1) is 0 Å². The van der Waals surface area contributed by atoms with Gasteiger partial charge in [0, 0.05) is 38.2 Å². The third kappa shape index (κ3) is 4.74. The molecule has 1 aromatic rings. The number of amides is 2. The van der Waals surface area contributed by atoms with Crippen molar-refractivity contribution in [1.82, 2.24) is 9.80 Å². The van der Waals surface area contributed by atoms with Crippen molar-refractivity contribution in [2.24, 2.45) is 0 Å². The maximum atomic E-state index is 12.9. The average molecular weight is 346 g/mol. The average Bonchev–Trinajstić information content (AvgIpc) is 2.87. The minimum atomic E-state index is 0.0364. The van der Waals surface area contributed by atoms with Gasteiger partial charge in [-0.2, -0.15) is 0 Å². The van der Waals surface area contributed by atoms with Gasteiger partial charge in [-0.1, -0.05) is 20.8 Å². The van der Waals surface area contributed by atoms with E-state index in [1.807, 2.05) is 34.9 Å². The molecule has 1 aromatic carbocycles. The van der Waals surface area contributed by atoms with Crippen molar-refractivity contribution in [3.05, 3.63) is 29.3 Å². The predicted molar refractivity (Wildman–Crippen MR) is 99.1 cm³/mol. The first-order valence-corrected chi connectivity index (χ1v) is 9.22. The van der Waals surface area contributed by atoms with Crippen molar-refractivity contribution in [3.63, 3.8) is 0 Å². The number of ether oxygens (including phenoxy) is 1. The van der Waals surface area contributed by atoms with Crippen LogP contribution in [0.15, 0.2) is 18.2 Å². The summed E-state index contributed by atoms with van der Waals surface area (Å²) in [4.78, 5) is 28.8. The molecule has 1 aliphatic heterocycles. The molecule has 1 aliphatic rings. The molecule has 0 radical (unpaired) electrons. The fourth-order valence-electron chi connectivity index (χ4n) is 3.24. The standard InChI is InChI=1S/C20H30N2O3/c1-5-7-19(23)21-10-6-11-22(13-12-21)20(24)16-8-9-18(25-4)17(14-16)15(2)3/h8-9,14-15H,5-7,10-13H2,1-4H3. The molecule has 0 aliphatic carbocycles. The van der Waals surface area contributed by atoms with Gasteiger partial charge >= 0.3 is 0 Å². The summed E-state index contributed by atoms with van der Waals surface area (Å²) in [5.74, 6) is 1.34. The number of carbonyl (C=O) groups excluding carboxylic acids is 2. The van der Waals surface area contributed by atoms with Crippen molar-refractivity contribution in [2.45, 2.75) is 46.0 Å². The van der Waals surface area contributed by atoms with E-state index < -0.39 is 0 Å². The molecule has 138 valence electrons. The van der Waals surface area contributed by atoms with Crippen molar-refractivity contribution < 1.29 is 14.3 Å². The van der Waals surface area contributed by atoms with E-state index in [1.54, 1.807) is 7.11 Å². The van der Waals surface area contributed by atoms with Gasteiger partial charge in [0.1, 0.15) is 5.75 Å². The molecular weight excluding hydrogens is 316 g/mol. The van der Waals surface area contributed by atoms with Crippen LogP contribution in [-0.4, -0.2) is 54.9 Å². The van der Waals surface area contributed by atoms with Gasteiger partial charge in [-0.05, 0) is 42.5 Å². The van der Waals surface area contributed by atoms with Crippen LogP contribution >= 0.6 is 0 Å². The van der Waals surface area contributed by atoms with E-state index in [0.29, 0.717) is 31.6 Å². The summed E-state index contributed by atoms with van der Waals surface area (Å²) in [5.41, 5.74) is 1.74. The smallest absolute Gasteiger partial charge is 0.253 e. The number of nitrogens with zero attached hydrogens (tertiary/aromatic N) is 2. The summed E-state index contributed by atoms with van der Waals surface area (Å²) in [5, 5.41) is 0. The summed E-state index contributed by atoms with van der Waals surface area (Å²) in [6.45, 7) is 8.85.